The minimum absolute atomic E-state index is 0.0209. The Balaban J connectivity index is 1.78. The van der Waals surface area contributed by atoms with Gasteiger partial charge in [-0.2, -0.15) is 0 Å². The summed E-state index contributed by atoms with van der Waals surface area (Å²) in [6, 6.07) is 12.6. The van der Waals surface area contributed by atoms with Gasteiger partial charge in [0.05, 0.1) is 16.8 Å². The van der Waals surface area contributed by atoms with Gasteiger partial charge in [0.25, 0.3) is 5.91 Å². The number of nitrogens with two attached hydrogens (primary N) is 1. The number of para-hydroxylation sites is 1. The zero-order valence-electron chi connectivity index (χ0n) is 17.2. The van der Waals surface area contributed by atoms with E-state index >= 15 is 0 Å². The van der Waals surface area contributed by atoms with Crippen molar-refractivity contribution in [3.05, 3.63) is 71.2 Å². The Kier molecular flexibility index (Phi) is 6.59. The molecule has 2 aromatic carbocycles. The number of aryl methyl sites for hydroxylation is 2. The summed E-state index contributed by atoms with van der Waals surface area (Å²) >= 11 is 0. The molecule has 160 valence electrons. The molecule has 8 heteroatoms. The monoisotopic (exact) mass is 423 g/mol. The third-order valence-electron chi connectivity index (χ3n) is 4.89. The van der Waals surface area contributed by atoms with Gasteiger partial charge >= 0.3 is 5.97 Å². The zero-order valence-corrected chi connectivity index (χ0v) is 17.2. The molecule has 2 amide bonds. The van der Waals surface area contributed by atoms with Crippen LogP contribution in [-0.4, -0.2) is 35.9 Å². The van der Waals surface area contributed by atoms with Crippen molar-refractivity contribution in [2.45, 2.75) is 20.3 Å². The molecule has 0 bridgehead atoms. The molecule has 0 radical (unpaired) electrons. The summed E-state index contributed by atoms with van der Waals surface area (Å²) in [7, 11) is 0. The Morgan fingerprint density at radius 2 is 1.74 bits per heavy atom. The number of ether oxygens (including phenoxy) is 1. The fourth-order valence-electron chi connectivity index (χ4n) is 3.35. The molecular formula is C23H22FN3O4. The van der Waals surface area contributed by atoms with Crippen molar-refractivity contribution in [2.24, 2.45) is 5.73 Å². The average Bonchev–Trinajstić information content (AvgIpc) is 2.73. The number of anilines is 1. The minimum Gasteiger partial charge on any atom is -0.452 e. The first-order chi connectivity index (χ1) is 14.8. The van der Waals surface area contributed by atoms with E-state index in [1.807, 2.05) is 24.3 Å². The number of rotatable bonds is 7. The standard InChI is InChI=1S/C23H22FN3O4/c1-14-18-5-3-4-6-19(18)26-15(2)22(14)23(30)31-13-21(29)27(12-11-20(25)28)17-9-7-16(24)8-10-17/h3-10H,11-13H2,1-2H3,(H2,25,28). The van der Waals surface area contributed by atoms with Crippen LogP contribution in [0.25, 0.3) is 10.9 Å². The predicted octanol–water partition coefficient (Wildman–Crippen LogP) is 3.06. The molecule has 2 N–H and O–H groups in total. The van der Waals surface area contributed by atoms with Crippen molar-refractivity contribution in [1.82, 2.24) is 4.98 Å². The highest BCUT2D eigenvalue weighted by atomic mass is 19.1. The zero-order chi connectivity index (χ0) is 22.5. The Morgan fingerprint density at radius 3 is 2.42 bits per heavy atom. The minimum atomic E-state index is -0.671. The van der Waals surface area contributed by atoms with Gasteiger partial charge in [0.15, 0.2) is 6.61 Å². The topological polar surface area (TPSA) is 103 Å². The molecule has 3 aromatic rings. The Hall–Kier alpha value is -3.81. The molecule has 7 nitrogen and oxygen atoms in total. The average molecular weight is 423 g/mol. The summed E-state index contributed by atoms with van der Waals surface area (Å²) < 4.78 is 18.5. The van der Waals surface area contributed by atoms with Crippen LogP contribution in [0, 0.1) is 19.7 Å². The number of halogens is 1. The van der Waals surface area contributed by atoms with E-state index in [4.69, 9.17) is 10.5 Å². The lowest BCUT2D eigenvalue weighted by Gasteiger charge is -2.22. The van der Waals surface area contributed by atoms with E-state index in [0.717, 1.165) is 10.9 Å². The number of esters is 1. The molecule has 0 atom stereocenters. The van der Waals surface area contributed by atoms with E-state index in [1.54, 1.807) is 13.8 Å². The first-order valence-electron chi connectivity index (χ1n) is 9.65. The molecule has 1 heterocycles. The van der Waals surface area contributed by atoms with E-state index in [2.05, 4.69) is 4.98 Å². The molecule has 31 heavy (non-hydrogen) atoms. The molecule has 1 aromatic heterocycles. The molecule has 0 unspecified atom stereocenters. The SMILES string of the molecule is Cc1nc2ccccc2c(C)c1C(=O)OCC(=O)N(CCC(N)=O)c1ccc(F)cc1. The number of fused-ring (bicyclic) bond motifs is 1. The maximum Gasteiger partial charge on any atom is 0.340 e. The van der Waals surface area contributed by atoms with Crippen LogP contribution in [0.2, 0.25) is 0 Å². The first kappa shape index (κ1) is 21.9. The molecule has 0 aliphatic heterocycles. The largest absolute Gasteiger partial charge is 0.452 e. The van der Waals surface area contributed by atoms with Crippen molar-refractivity contribution >= 4 is 34.4 Å². The van der Waals surface area contributed by atoms with E-state index in [9.17, 15) is 18.8 Å². The van der Waals surface area contributed by atoms with Gasteiger partial charge in [-0.1, -0.05) is 18.2 Å². The van der Waals surface area contributed by atoms with Gasteiger partial charge < -0.3 is 15.4 Å². The highest BCUT2D eigenvalue weighted by Gasteiger charge is 2.22. The smallest absolute Gasteiger partial charge is 0.340 e. The third-order valence-corrected chi connectivity index (χ3v) is 4.89. The normalized spacial score (nSPS) is 10.7. The third kappa shape index (κ3) is 5.03. The van der Waals surface area contributed by atoms with Crippen LogP contribution in [0.1, 0.15) is 28.0 Å². The van der Waals surface area contributed by atoms with Crippen LogP contribution in [0.4, 0.5) is 10.1 Å². The number of pyridine rings is 1. The lowest BCUT2D eigenvalue weighted by atomic mass is 10.0. The highest BCUT2D eigenvalue weighted by Crippen LogP contribution is 2.23. The molecular weight excluding hydrogens is 401 g/mol. The van der Waals surface area contributed by atoms with E-state index < -0.39 is 30.2 Å². The van der Waals surface area contributed by atoms with Crippen LogP contribution in [0.5, 0.6) is 0 Å². The van der Waals surface area contributed by atoms with Crippen LogP contribution in [-0.2, 0) is 14.3 Å². The van der Waals surface area contributed by atoms with Crippen molar-refractivity contribution in [2.75, 3.05) is 18.1 Å². The fourth-order valence-corrected chi connectivity index (χ4v) is 3.35. The lowest BCUT2D eigenvalue weighted by Crippen LogP contribution is -2.37. The molecule has 3 rings (SSSR count). The fraction of sp³-hybridized carbons (Fsp3) is 0.217. The predicted molar refractivity (Wildman–Crippen MR) is 114 cm³/mol. The number of benzene rings is 2. The number of primary amides is 1. The van der Waals surface area contributed by atoms with Gasteiger partial charge in [0, 0.05) is 24.0 Å². The number of amides is 2. The Labute approximate surface area is 178 Å². The van der Waals surface area contributed by atoms with Gasteiger partial charge in [-0.3, -0.25) is 14.6 Å². The van der Waals surface area contributed by atoms with Crippen molar-refractivity contribution in [3.8, 4) is 0 Å². The molecule has 0 spiro atoms. The second kappa shape index (κ2) is 9.34. The summed E-state index contributed by atoms with van der Waals surface area (Å²) in [5.74, 6) is -2.29. The van der Waals surface area contributed by atoms with E-state index in [-0.39, 0.29) is 13.0 Å². The first-order valence-corrected chi connectivity index (χ1v) is 9.65. The number of carbonyl (C=O) groups excluding carboxylic acids is 3. The van der Waals surface area contributed by atoms with Crippen molar-refractivity contribution in [1.29, 1.82) is 0 Å². The highest BCUT2D eigenvalue weighted by molar-refractivity contribution is 6.00. The van der Waals surface area contributed by atoms with E-state index in [1.165, 1.54) is 29.2 Å². The Morgan fingerprint density at radius 1 is 1.06 bits per heavy atom. The summed E-state index contributed by atoms with van der Waals surface area (Å²) in [6.07, 6.45) is -0.0934. The van der Waals surface area contributed by atoms with Crippen LogP contribution >= 0.6 is 0 Å². The number of aromatic nitrogens is 1. The second-order valence-corrected chi connectivity index (χ2v) is 7.03. The van der Waals surface area contributed by atoms with Gasteiger partial charge in [-0.05, 0) is 49.7 Å². The molecule has 0 aliphatic carbocycles. The van der Waals surface area contributed by atoms with Gasteiger partial charge in [-0.15, -0.1) is 0 Å². The number of hydrogen-bond acceptors (Lipinski definition) is 5. The van der Waals surface area contributed by atoms with Gasteiger partial charge in [-0.25, -0.2) is 9.18 Å². The van der Waals surface area contributed by atoms with Crippen LogP contribution in [0.15, 0.2) is 48.5 Å². The summed E-state index contributed by atoms with van der Waals surface area (Å²) in [6.45, 7) is 2.93. The van der Waals surface area contributed by atoms with Gasteiger partial charge in [0.2, 0.25) is 5.91 Å². The van der Waals surface area contributed by atoms with Crippen LogP contribution < -0.4 is 10.6 Å². The molecule has 0 fully saturated rings. The summed E-state index contributed by atoms with van der Waals surface area (Å²) in [5.41, 5.74) is 7.83. The molecule has 0 saturated carbocycles. The number of carbonyl (C=O) groups is 3. The maximum absolute atomic E-state index is 13.2. The summed E-state index contributed by atoms with van der Waals surface area (Å²) in [5, 5.41) is 0.820. The maximum atomic E-state index is 13.2. The van der Waals surface area contributed by atoms with E-state index in [0.29, 0.717) is 22.5 Å². The van der Waals surface area contributed by atoms with Crippen molar-refractivity contribution < 1.29 is 23.5 Å². The van der Waals surface area contributed by atoms with Crippen LogP contribution in [0.3, 0.4) is 0 Å². The number of hydrogen-bond donors (Lipinski definition) is 1. The Bertz CT molecular complexity index is 1150. The molecule has 0 saturated heterocycles. The second-order valence-electron chi connectivity index (χ2n) is 7.03. The summed E-state index contributed by atoms with van der Waals surface area (Å²) in [4.78, 5) is 42.3. The molecule has 0 aliphatic rings. The van der Waals surface area contributed by atoms with Crippen molar-refractivity contribution in [3.63, 3.8) is 0 Å². The van der Waals surface area contributed by atoms with Gasteiger partial charge in [0.1, 0.15) is 5.82 Å². The lowest BCUT2D eigenvalue weighted by molar-refractivity contribution is -0.121. The quantitative estimate of drug-likeness (QED) is 0.589. The number of nitrogens with zero attached hydrogens (tertiary/aromatic N) is 2.